The Bertz CT molecular complexity index is 1090. The SMILES string of the molecule is CNCNNc1ccccc1Nc1cc(Nc2ccc(C(=O)NC)cn2)ncc1C(F)(F)F. The van der Waals surface area contributed by atoms with Crippen molar-refractivity contribution < 1.29 is 18.0 Å². The summed E-state index contributed by atoms with van der Waals surface area (Å²) in [5.41, 5.74) is 6.05. The summed E-state index contributed by atoms with van der Waals surface area (Å²) < 4.78 is 40.9. The number of halogens is 3. The maximum atomic E-state index is 13.6. The van der Waals surface area contributed by atoms with E-state index < -0.39 is 11.7 Å². The maximum absolute atomic E-state index is 13.6. The van der Waals surface area contributed by atoms with Gasteiger partial charge in [-0.3, -0.25) is 4.79 Å². The first kappa shape index (κ1) is 23.8. The first-order valence-electron chi connectivity index (χ1n) is 9.83. The van der Waals surface area contributed by atoms with Crippen LogP contribution in [0.1, 0.15) is 15.9 Å². The highest BCUT2D eigenvalue weighted by Crippen LogP contribution is 2.38. The number of nitrogens with one attached hydrogen (secondary N) is 6. The highest BCUT2D eigenvalue weighted by molar-refractivity contribution is 5.93. The second kappa shape index (κ2) is 10.6. The molecule has 0 aliphatic carbocycles. The summed E-state index contributed by atoms with van der Waals surface area (Å²) in [6.07, 6.45) is -2.52. The molecule has 0 bridgehead atoms. The number of hydrogen-bond acceptors (Lipinski definition) is 8. The molecular formula is C21H23F3N8O. The van der Waals surface area contributed by atoms with Crippen LogP contribution in [-0.2, 0) is 6.18 Å². The number of pyridine rings is 2. The van der Waals surface area contributed by atoms with E-state index in [1.165, 1.54) is 31.4 Å². The Labute approximate surface area is 188 Å². The Morgan fingerprint density at radius 2 is 1.64 bits per heavy atom. The molecule has 0 aliphatic heterocycles. The van der Waals surface area contributed by atoms with E-state index in [9.17, 15) is 18.0 Å². The fraction of sp³-hybridized carbons (Fsp3) is 0.190. The molecule has 0 spiro atoms. The first-order chi connectivity index (χ1) is 15.8. The van der Waals surface area contributed by atoms with Crippen LogP contribution in [0.3, 0.4) is 0 Å². The lowest BCUT2D eigenvalue weighted by atomic mass is 10.2. The monoisotopic (exact) mass is 460 g/mol. The van der Waals surface area contributed by atoms with Gasteiger partial charge in [-0.05, 0) is 31.3 Å². The molecule has 9 nitrogen and oxygen atoms in total. The van der Waals surface area contributed by atoms with E-state index in [4.69, 9.17) is 0 Å². The third kappa shape index (κ3) is 6.30. The van der Waals surface area contributed by atoms with Gasteiger partial charge in [-0.25, -0.2) is 15.4 Å². The third-order valence-corrected chi connectivity index (χ3v) is 4.40. The van der Waals surface area contributed by atoms with Gasteiger partial charge in [-0.15, -0.1) is 0 Å². The number of carbonyl (C=O) groups excluding carboxylic acids is 1. The van der Waals surface area contributed by atoms with Crippen LogP contribution in [-0.4, -0.2) is 36.6 Å². The number of hydrogen-bond donors (Lipinski definition) is 6. The second-order valence-corrected chi connectivity index (χ2v) is 6.75. The second-order valence-electron chi connectivity index (χ2n) is 6.75. The number of benzene rings is 1. The third-order valence-electron chi connectivity index (χ3n) is 4.40. The van der Waals surface area contributed by atoms with Gasteiger partial charge in [0.15, 0.2) is 0 Å². The Balaban J connectivity index is 1.88. The molecule has 0 atom stereocenters. The van der Waals surface area contributed by atoms with E-state index in [-0.39, 0.29) is 17.4 Å². The molecule has 0 aliphatic rings. The molecule has 0 unspecified atom stereocenters. The molecule has 0 saturated heterocycles. The lowest BCUT2D eigenvalue weighted by Crippen LogP contribution is -2.31. The van der Waals surface area contributed by atoms with E-state index in [2.05, 4.69) is 42.1 Å². The fourth-order valence-corrected chi connectivity index (χ4v) is 2.80. The molecular weight excluding hydrogens is 437 g/mol. The number of hydrazine groups is 1. The highest BCUT2D eigenvalue weighted by Gasteiger charge is 2.34. The topological polar surface area (TPSA) is 115 Å². The molecule has 1 aromatic carbocycles. The van der Waals surface area contributed by atoms with Crippen molar-refractivity contribution in [2.24, 2.45) is 0 Å². The normalized spacial score (nSPS) is 11.1. The van der Waals surface area contributed by atoms with E-state index in [1.807, 2.05) is 0 Å². The Kier molecular flexibility index (Phi) is 7.64. The molecule has 12 heteroatoms. The summed E-state index contributed by atoms with van der Waals surface area (Å²) in [4.78, 5) is 19.6. The average Bonchev–Trinajstić information content (AvgIpc) is 2.80. The number of amides is 1. The lowest BCUT2D eigenvalue weighted by molar-refractivity contribution is -0.137. The molecule has 6 N–H and O–H groups in total. The van der Waals surface area contributed by atoms with Crippen LogP contribution in [0, 0.1) is 0 Å². The molecule has 174 valence electrons. The molecule has 1 amide bonds. The smallest absolute Gasteiger partial charge is 0.355 e. The summed E-state index contributed by atoms with van der Waals surface area (Å²) >= 11 is 0. The zero-order valence-electron chi connectivity index (χ0n) is 17.8. The predicted molar refractivity (Wildman–Crippen MR) is 121 cm³/mol. The molecule has 2 heterocycles. The molecule has 0 fully saturated rings. The van der Waals surface area contributed by atoms with Crippen LogP contribution in [0.25, 0.3) is 0 Å². The molecule has 3 rings (SSSR count). The zero-order chi connectivity index (χ0) is 23.8. The van der Waals surface area contributed by atoms with Crippen LogP contribution in [0.2, 0.25) is 0 Å². The molecule has 33 heavy (non-hydrogen) atoms. The Morgan fingerprint density at radius 1 is 0.909 bits per heavy atom. The van der Waals surface area contributed by atoms with Crippen LogP contribution in [0.15, 0.2) is 54.9 Å². The van der Waals surface area contributed by atoms with Gasteiger partial charge in [0, 0.05) is 25.5 Å². The number of rotatable bonds is 9. The van der Waals surface area contributed by atoms with Gasteiger partial charge in [-0.1, -0.05) is 12.1 Å². The fourth-order valence-electron chi connectivity index (χ4n) is 2.80. The summed E-state index contributed by atoms with van der Waals surface area (Å²) in [6, 6.07) is 11.1. The standard InChI is InChI=1S/C21H23F3N8O/c1-25-12-29-32-16-6-4-3-5-15(16)30-17-9-19(28-11-14(17)21(22,23)24)31-18-8-7-13(10-27-18)20(33)26-2/h3-11,25,29,32H,12H2,1-2H3,(H,26,33)(H2,27,28,30,31). The van der Waals surface area contributed by atoms with Gasteiger partial charge < -0.3 is 26.7 Å². The summed E-state index contributed by atoms with van der Waals surface area (Å²) in [7, 11) is 3.25. The quantitative estimate of drug-likeness (QED) is 0.164. The minimum Gasteiger partial charge on any atom is -0.355 e. The minimum atomic E-state index is -4.62. The number of carbonyl (C=O) groups is 1. The number of nitrogens with zero attached hydrogens (tertiary/aromatic N) is 2. The minimum absolute atomic E-state index is 0.143. The van der Waals surface area contributed by atoms with Crippen molar-refractivity contribution in [1.29, 1.82) is 0 Å². The van der Waals surface area contributed by atoms with Gasteiger partial charge >= 0.3 is 6.18 Å². The lowest BCUT2D eigenvalue weighted by Gasteiger charge is -2.18. The van der Waals surface area contributed by atoms with Crippen LogP contribution < -0.4 is 32.1 Å². The van der Waals surface area contributed by atoms with E-state index in [0.717, 1.165) is 6.20 Å². The van der Waals surface area contributed by atoms with Gasteiger partial charge in [0.1, 0.15) is 11.6 Å². The van der Waals surface area contributed by atoms with Crippen molar-refractivity contribution in [1.82, 2.24) is 26.0 Å². The van der Waals surface area contributed by atoms with Crippen molar-refractivity contribution in [2.75, 3.05) is 36.8 Å². The Morgan fingerprint density at radius 3 is 2.27 bits per heavy atom. The largest absolute Gasteiger partial charge is 0.419 e. The van der Waals surface area contributed by atoms with Crippen LogP contribution in [0.4, 0.5) is 41.9 Å². The van der Waals surface area contributed by atoms with Gasteiger partial charge in [0.25, 0.3) is 5.91 Å². The van der Waals surface area contributed by atoms with Crippen LogP contribution in [0.5, 0.6) is 0 Å². The summed E-state index contributed by atoms with van der Waals surface area (Å²) in [6.45, 7) is 0.442. The molecule has 0 saturated carbocycles. The van der Waals surface area contributed by atoms with E-state index >= 15 is 0 Å². The number of anilines is 5. The first-order valence-corrected chi connectivity index (χ1v) is 9.83. The van der Waals surface area contributed by atoms with Crippen LogP contribution >= 0.6 is 0 Å². The number of alkyl halides is 3. The van der Waals surface area contributed by atoms with Crippen molar-refractivity contribution in [3.8, 4) is 0 Å². The predicted octanol–water partition coefficient (Wildman–Crippen LogP) is 3.44. The Hall–Kier alpha value is -3.90. The average molecular weight is 460 g/mol. The number of para-hydroxylation sites is 2. The maximum Gasteiger partial charge on any atom is 0.419 e. The van der Waals surface area contributed by atoms with Gasteiger partial charge in [0.2, 0.25) is 0 Å². The van der Waals surface area contributed by atoms with Crippen molar-refractivity contribution in [2.45, 2.75) is 6.18 Å². The van der Waals surface area contributed by atoms with Crippen molar-refractivity contribution in [3.63, 3.8) is 0 Å². The molecule has 2 aromatic heterocycles. The summed E-state index contributed by atoms with van der Waals surface area (Å²) in [5, 5.41) is 11.1. The van der Waals surface area contributed by atoms with Gasteiger partial charge in [0.05, 0.1) is 34.9 Å². The van der Waals surface area contributed by atoms with Crippen molar-refractivity contribution >= 4 is 34.6 Å². The highest BCUT2D eigenvalue weighted by atomic mass is 19.4. The van der Waals surface area contributed by atoms with E-state index in [0.29, 0.717) is 29.4 Å². The summed E-state index contributed by atoms with van der Waals surface area (Å²) in [5.74, 6) is 0.160. The molecule has 0 radical (unpaired) electrons. The number of aromatic nitrogens is 2. The zero-order valence-corrected chi connectivity index (χ0v) is 17.8. The van der Waals surface area contributed by atoms with Gasteiger partial charge in [-0.2, -0.15) is 13.2 Å². The molecule has 3 aromatic rings. The van der Waals surface area contributed by atoms with E-state index in [1.54, 1.807) is 31.3 Å². The van der Waals surface area contributed by atoms with Crippen molar-refractivity contribution in [3.05, 3.63) is 66.0 Å².